The molecule has 0 aliphatic heterocycles. The Labute approximate surface area is 106 Å². The maximum absolute atomic E-state index is 9.48. The summed E-state index contributed by atoms with van der Waals surface area (Å²) in [6.45, 7) is 1.66. The van der Waals surface area contributed by atoms with Crippen molar-refractivity contribution in [3.63, 3.8) is 0 Å². The van der Waals surface area contributed by atoms with Crippen LogP contribution in [-0.4, -0.2) is 15.2 Å². The van der Waals surface area contributed by atoms with Gasteiger partial charge in [0, 0.05) is 12.3 Å². The minimum absolute atomic E-state index is 0.0294. The van der Waals surface area contributed by atoms with Gasteiger partial charge in [-0.15, -0.1) is 0 Å². The molecule has 0 unspecified atom stereocenters. The van der Waals surface area contributed by atoms with E-state index in [4.69, 9.17) is 9.84 Å². The van der Waals surface area contributed by atoms with Crippen molar-refractivity contribution in [1.29, 1.82) is 0 Å². The molecule has 2 aromatic rings. The van der Waals surface area contributed by atoms with Gasteiger partial charge in [-0.05, 0) is 36.2 Å². The largest absolute Gasteiger partial charge is 0.439 e. The topological polar surface area (TPSA) is 62.6 Å². The molecule has 1 aromatic carbocycles. The summed E-state index contributed by atoms with van der Waals surface area (Å²) in [5.74, 6) is 1.03. The van der Waals surface area contributed by atoms with Crippen LogP contribution >= 0.6 is 0 Å². The van der Waals surface area contributed by atoms with Crippen molar-refractivity contribution in [1.82, 2.24) is 4.98 Å². The third-order valence-corrected chi connectivity index (χ3v) is 2.54. The first-order chi connectivity index (χ1) is 8.69. The molecular formula is C14H15NO3. The Hall–Kier alpha value is -1.91. The normalized spacial score (nSPS) is 12.2. The van der Waals surface area contributed by atoms with Crippen LogP contribution in [0.1, 0.15) is 24.2 Å². The van der Waals surface area contributed by atoms with E-state index in [0.29, 0.717) is 11.6 Å². The molecule has 0 spiro atoms. The van der Waals surface area contributed by atoms with Crippen molar-refractivity contribution in [2.45, 2.75) is 19.6 Å². The molecule has 0 aliphatic carbocycles. The highest BCUT2D eigenvalue weighted by atomic mass is 16.5. The summed E-state index contributed by atoms with van der Waals surface area (Å²) >= 11 is 0. The van der Waals surface area contributed by atoms with Crippen LogP contribution in [0.2, 0.25) is 0 Å². The SMILES string of the molecule is C[C@@H](O)c1ccnc(Oc2cccc(CO)c2)c1. The molecule has 0 bridgehead atoms. The molecule has 4 heteroatoms. The zero-order valence-electron chi connectivity index (χ0n) is 10.1. The number of nitrogens with zero attached hydrogens (tertiary/aromatic N) is 1. The Morgan fingerprint density at radius 3 is 2.83 bits per heavy atom. The molecule has 18 heavy (non-hydrogen) atoms. The van der Waals surface area contributed by atoms with E-state index < -0.39 is 6.10 Å². The lowest BCUT2D eigenvalue weighted by atomic mass is 10.2. The van der Waals surface area contributed by atoms with Crippen molar-refractivity contribution in [3.05, 3.63) is 53.7 Å². The van der Waals surface area contributed by atoms with Crippen LogP contribution in [0, 0.1) is 0 Å². The second-order valence-electron chi connectivity index (χ2n) is 4.01. The zero-order valence-corrected chi connectivity index (χ0v) is 10.1. The molecule has 0 saturated carbocycles. The van der Waals surface area contributed by atoms with Crippen LogP contribution in [0.25, 0.3) is 0 Å². The van der Waals surface area contributed by atoms with E-state index in [1.807, 2.05) is 6.07 Å². The van der Waals surface area contributed by atoms with Gasteiger partial charge in [-0.1, -0.05) is 12.1 Å². The quantitative estimate of drug-likeness (QED) is 0.868. The smallest absolute Gasteiger partial charge is 0.219 e. The zero-order chi connectivity index (χ0) is 13.0. The van der Waals surface area contributed by atoms with Crippen LogP contribution < -0.4 is 4.74 Å². The average molecular weight is 245 g/mol. The summed E-state index contributed by atoms with van der Waals surface area (Å²) in [7, 11) is 0. The molecule has 1 heterocycles. The number of rotatable bonds is 4. The molecule has 2 rings (SSSR count). The fourth-order valence-electron chi connectivity index (χ4n) is 1.57. The number of aliphatic hydroxyl groups is 2. The van der Waals surface area contributed by atoms with Crippen molar-refractivity contribution in [3.8, 4) is 11.6 Å². The van der Waals surface area contributed by atoms with E-state index in [9.17, 15) is 5.11 Å². The van der Waals surface area contributed by atoms with Gasteiger partial charge in [0.05, 0.1) is 12.7 Å². The molecule has 0 fully saturated rings. The van der Waals surface area contributed by atoms with E-state index in [1.54, 1.807) is 43.5 Å². The molecule has 4 nitrogen and oxygen atoms in total. The van der Waals surface area contributed by atoms with Gasteiger partial charge < -0.3 is 14.9 Å². The highest BCUT2D eigenvalue weighted by Crippen LogP contribution is 2.23. The number of pyridine rings is 1. The molecule has 94 valence electrons. The Balaban J connectivity index is 2.20. The predicted octanol–water partition coefficient (Wildman–Crippen LogP) is 2.42. The van der Waals surface area contributed by atoms with E-state index >= 15 is 0 Å². The lowest BCUT2D eigenvalue weighted by molar-refractivity contribution is 0.198. The Morgan fingerprint density at radius 2 is 2.11 bits per heavy atom. The van der Waals surface area contributed by atoms with Crippen LogP contribution in [0.5, 0.6) is 11.6 Å². The fraction of sp³-hybridized carbons (Fsp3) is 0.214. The minimum atomic E-state index is -0.556. The molecule has 1 aromatic heterocycles. The lowest BCUT2D eigenvalue weighted by Gasteiger charge is -2.08. The first kappa shape index (κ1) is 12.5. The summed E-state index contributed by atoms with van der Waals surface area (Å²) in [5, 5.41) is 18.5. The first-order valence-corrected chi connectivity index (χ1v) is 5.70. The highest BCUT2D eigenvalue weighted by molar-refractivity contribution is 5.32. The van der Waals surface area contributed by atoms with Crippen LogP contribution in [0.3, 0.4) is 0 Å². The molecule has 2 N–H and O–H groups in total. The van der Waals surface area contributed by atoms with Gasteiger partial charge in [-0.25, -0.2) is 4.98 Å². The molecule has 0 radical (unpaired) electrons. The van der Waals surface area contributed by atoms with Gasteiger partial charge >= 0.3 is 0 Å². The van der Waals surface area contributed by atoms with Crippen LogP contribution in [-0.2, 0) is 6.61 Å². The predicted molar refractivity (Wildman–Crippen MR) is 67.3 cm³/mol. The van der Waals surface area contributed by atoms with E-state index in [-0.39, 0.29) is 6.61 Å². The third kappa shape index (κ3) is 3.06. The molecular weight excluding hydrogens is 230 g/mol. The summed E-state index contributed by atoms with van der Waals surface area (Å²) in [6, 6.07) is 10.6. The number of aromatic nitrogens is 1. The summed E-state index contributed by atoms with van der Waals surface area (Å²) in [5.41, 5.74) is 1.53. The second-order valence-corrected chi connectivity index (χ2v) is 4.01. The van der Waals surface area contributed by atoms with Crippen LogP contribution in [0.15, 0.2) is 42.6 Å². The van der Waals surface area contributed by atoms with Crippen molar-refractivity contribution >= 4 is 0 Å². The van der Waals surface area contributed by atoms with Gasteiger partial charge in [-0.2, -0.15) is 0 Å². The number of hydrogen-bond acceptors (Lipinski definition) is 4. The summed E-state index contributed by atoms with van der Waals surface area (Å²) < 4.78 is 5.58. The monoisotopic (exact) mass is 245 g/mol. The van der Waals surface area contributed by atoms with Crippen molar-refractivity contribution in [2.24, 2.45) is 0 Å². The summed E-state index contributed by atoms with van der Waals surface area (Å²) in [6.07, 6.45) is 1.03. The molecule has 1 atom stereocenters. The third-order valence-electron chi connectivity index (χ3n) is 2.54. The lowest BCUT2D eigenvalue weighted by Crippen LogP contribution is -1.94. The standard InChI is InChI=1S/C14H15NO3/c1-10(17)12-5-6-15-14(8-12)18-13-4-2-3-11(7-13)9-16/h2-8,10,16-17H,9H2,1H3/t10-/m1/s1. The van der Waals surface area contributed by atoms with Gasteiger partial charge in [0.1, 0.15) is 5.75 Å². The highest BCUT2D eigenvalue weighted by Gasteiger charge is 2.04. The maximum atomic E-state index is 9.48. The van der Waals surface area contributed by atoms with E-state index in [2.05, 4.69) is 4.98 Å². The van der Waals surface area contributed by atoms with Crippen molar-refractivity contribution < 1.29 is 14.9 Å². The van der Waals surface area contributed by atoms with Gasteiger partial charge in [-0.3, -0.25) is 0 Å². The Bertz CT molecular complexity index is 526. The number of hydrogen-bond donors (Lipinski definition) is 2. The van der Waals surface area contributed by atoms with Crippen LogP contribution in [0.4, 0.5) is 0 Å². The number of aliphatic hydroxyl groups excluding tert-OH is 2. The fourth-order valence-corrected chi connectivity index (χ4v) is 1.57. The minimum Gasteiger partial charge on any atom is -0.439 e. The Kier molecular flexibility index (Phi) is 3.92. The second kappa shape index (κ2) is 5.62. The van der Waals surface area contributed by atoms with Gasteiger partial charge in [0.25, 0.3) is 0 Å². The van der Waals surface area contributed by atoms with Gasteiger partial charge in [0.2, 0.25) is 5.88 Å². The van der Waals surface area contributed by atoms with Crippen molar-refractivity contribution in [2.75, 3.05) is 0 Å². The first-order valence-electron chi connectivity index (χ1n) is 5.70. The number of ether oxygens (including phenoxy) is 1. The Morgan fingerprint density at radius 1 is 1.28 bits per heavy atom. The molecule has 0 amide bonds. The summed E-state index contributed by atoms with van der Waals surface area (Å²) in [4.78, 5) is 4.08. The molecule has 0 aliphatic rings. The average Bonchev–Trinajstić information content (AvgIpc) is 2.39. The van der Waals surface area contributed by atoms with E-state index in [0.717, 1.165) is 11.1 Å². The van der Waals surface area contributed by atoms with Gasteiger partial charge in [0.15, 0.2) is 0 Å². The van der Waals surface area contributed by atoms with E-state index in [1.165, 1.54) is 0 Å². The number of benzene rings is 1. The maximum Gasteiger partial charge on any atom is 0.219 e. The molecule has 0 saturated heterocycles.